The van der Waals surface area contributed by atoms with Crippen LogP contribution in [0.1, 0.15) is 0 Å². The van der Waals surface area contributed by atoms with E-state index in [0.29, 0.717) is 0 Å². The van der Waals surface area contributed by atoms with Crippen LogP contribution in [0.15, 0.2) is 0 Å². The van der Waals surface area contributed by atoms with Gasteiger partial charge < -0.3 is 0 Å². The summed E-state index contributed by atoms with van der Waals surface area (Å²) in [5, 5.41) is 0. The van der Waals surface area contributed by atoms with E-state index in [1.165, 1.54) is 0 Å². The molecule has 0 heterocycles. The Morgan fingerprint density at radius 3 is 1.43 bits per heavy atom. The predicted molar refractivity (Wildman–Crippen MR) is 22.8 cm³/mol. The molecular formula is C2H5F4P. The standard InChI is InChI=1S/C2H3F3.FH2P/c3-1-2(4)5;1-2/h2H,1H2;2H2. The van der Waals surface area contributed by atoms with Gasteiger partial charge in [0, 0.05) is 0 Å². The van der Waals surface area contributed by atoms with E-state index in [9.17, 15) is 17.4 Å². The molecule has 0 aromatic rings. The van der Waals surface area contributed by atoms with Crippen LogP contribution in [0, 0.1) is 0 Å². The molecule has 46 valence electrons. The van der Waals surface area contributed by atoms with Gasteiger partial charge in [0.25, 0.3) is 6.43 Å². The van der Waals surface area contributed by atoms with Crippen molar-refractivity contribution in [2.75, 3.05) is 6.67 Å². The molecular weight excluding hydrogens is 131 g/mol. The fraction of sp³-hybridized carbons (Fsp3) is 1.00. The molecule has 7 heavy (non-hydrogen) atoms. The zero-order chi connectivity index (χ0) is 6.28. The quantitative estimate of drug-likeness (QED) is 0.381. The number of hydrogen-bond acceptors (Lipinski definition) is 0. The van der Waals surface area contributed by atoms with E-state index in [1.807, 2.05) is 0 Å². The monoisotopic (exact) mass is 136 g/mol. The van der Waals surface area contributed by atoms with Crippen molar-refractivity contribution < 1.29 is 17.4 Å². The summed E-state index contributed by atoms with van der Waals surface area (Å²) in [5.41, 5.74) is 0. The normalized spacial score (nSPS) is 7.71. The topological polar surface area (TPSA) is 0 Å². The van der Waals surface area contributed by atoms with Crippen LogP contribution < -0.4 is 0 Å². The van der Waals surface area contributed by atoms with Gasteiger partial charge >= 0.3 is 0 Å². The number of halogens is 4. The maximum Gasteiger partial charge on any atom is 0.266 e. The summed E-state index contributed by atoms with van der Waals surface area (Å²) in [6, 6.07) is 0. The van der Waals surface area contributed by atoms with E-state index in [0.717, 1.165) is 9.55 Å². The molecule has 0 aromatic heterocycles. The van der Waals surface area contributed by atoms with Crippen molar-refractivity contribution in [3.05, 3.63) is 0 Å². The molecule has 5 heteroatoms. The Labute approximate surface area is 41.2 Å². The molecule has 0 fully saturated rings. The highest BCUT2D eigenvalue weighted by Crippen LogP contribution is 1.88. The van der Waals surface area contributed by atoms with Crippen LogP contribution >= 0.6 is 9.55 Å². The minimum atomic E-state index is -2.78. The largest absolute Gasteiger partial charge is 0.266 e. The average Bonchev–Trinajstić information content (AvgIpc) is 1.73. The van der Waals surface area contributed by atoms with Crippen molar-refractivity contribution in [1.82, 2.24) is 0 Å². The lowest BCUT2D eigenvalue weighted by atomic mass is 10.8. The summed E-state index contributed by atoms with van der Waals surface area (Å²) in [4.78, 5) is 0. The van der Waals surface area contributed by atoms with Crippen molar-refractivity contribution in [1.29, 1.82) is 0 Å². The summed E-state index contributed by atoms with van der Waals surface area (Å²) in [6.45, 7) is -1.53. The first-order valence-corrected chi connectivity index (χ1v) is 1.77. The molecule has 0 rings (SSSR count). The van der Waals surface area contributed by atoms with Crippen molar-refractivity contribution in [2.24, 2.45) is 0 Å². The van der Waals surface area contributed by atoms with Gasteiger partial charge in [0.1, 0.15) is 0 Å². The first-order valence-electron chi connectivity index (χ1n) is 1.33. The minimum Gasteiger partial charge on any atom is -0.245 e. The van der Waals surface area contributed by atoms with Crippen LogP contribution in [0.25, 0.3) is 0 Å². The zero-order valence-electron chi connectivity index (χ0n) is 3.37. The summed E-state index contributed by atoms with van der Waals surface area (Å²) in [7, 11) is 0.917. The van der Waals surface area contributed by atoms with Crippen LogP contribution in [0.5, 0.6) is 0 Å². The first kappa shape index (κ1) is 10.2. The zero-order valence-corrected chi connectivity index (χ0v) is 4.53. The second-order valence-corrected chi connectivity index (χ2v) is 0.545. The summed E-state index contributed by atoms with van der Waals surface area (Å²) >= 11 is 0. The van der Waals surface area contributed by atoms with E-state index in [2.05, 4.69) is 0 Å². The highest BCUT2D eigenvalue weighted by Gasteiger charge is 1.95. The Hall–Kier alpha value is 0.150. The second-order valence-electron chi connectivity index (χ2n) is 0.545. The van der Waals surface area contributed by atoms with E-state index in [4.69, 9.17) is 0 Å². The molecule has 0 amide bonds. The third-order valence-electron chi connectivity index (χ3n) is 0.117. The summed E-state index contributed by atoms with van der Waals surface area (Å²) in [5.74, 6) is 0. The highest BCUT2D eigenvalue weighted by atomic mass is 31.1. The Balaban J connectivity index is 0. The van der Waals surface area contributed by atoms with Crippen LogP contribution in [-0.4, -0.2) is 13.1 Å². The molecule has 0 N–H and O–H groups in total. The van der Waals surface area contributed by atoms with Gasteiger partial charge in [-0.15, -0.1) is 0 Å². The van der Waals surface area contributed by atoms with Gasteiger partial charge in [-0.2, -0.15) is 0 Å². The molecule has 0 aromatic carbocycles. The molecule has 0 saturated carbocycles. The SMILES string of the molecule is FCC(F)F.FP. The Kier molecular flexibility index (Phi) is 13.8. The molecule has 1 atom stereocenters. The number of alkyl halides is 3. The Morgan fingerprint density at radius 1 is 1.29 bits per heavy atom. The second kappa shape index (κ2) is 9.47. The third-order valence-corrected chi connectivity index (χ3v) is 0.117. The fourth-order valence-electron chi connectivity index (χ4n) is 0. The highest BCUT2D eigenvalue weighted by molar-refractivity contribution is 7.09. The van der Waals surface area contributed by atoms with Crippen LogP contribution in [-0.2, 0) is 0 Å². The van der Waals surface area contributed by atoms with Gasteiger partial charge in [-0.25, -0.2) is 17.4 Å². The first-order chi connectivity index (χ1) is 3.27. The molecule has 0 radical (unpaired) electrons. The Bertz CT molecular complexity index is 23.7. The molecule has 0 bridgehead atoms. The van der Waals surface area contributed by atoms with Crippen molar-refractivity contribution in [2.45, 2.75) is 6.43 Å². The van der Waals surface area contributed by atoms with Gasteiger partial charge in [-0.3, -0.25) is 0 Å². The van der Waals surface area contributed by atoms with Crippen molar-refractivity contribution in [3.8, 4) is 0 Å². The van der Waals surface area contributed by atoms with Gasteiger partial charge in [0.2, 0.25) is 0 Å². The molecule has 1 unspecified atom stereocenters. The molecule has 0 spiro atoms. The maximum absolute atomic E-state index is 10.4. The molecule has 0 saturated heterocycles. The minimum absolute atomic E-state index is 0.917. The lowest BCUT2D eigenvalue weighted by Gasteiger charge is -1.78. The van der Waals surface area contributed by atoms with Crippen molar-refractivity contribution >= 4 is 9.55 Å². The molecule has 0 aliphatic heterocycles. The summed E-state index contributed by atoms with van der Waals surface area (Å²) < 4.78 is 40.6. The molecule has 0 aliphatic carbocycles. The fourth-order valence-corrected chi connectivity index (χ4v) is 0. The van der Waals surface area contributed by atoms with E-state index >= 15 is 0 Å². The van der Waals surface area contributed by atoms with Gasteiger partial charge in [0.05, 0.1) is 9.55 Å². The van der Waals surface area contributed by atoms with Crippen LogP contribution in [0.3, 0.4) is 0 Å². The van der Waals surface area contributed by atoms with Gasteiger partial charge in [-0.1, -0.05) is 0 Å². The maximum atomic E-state index is 10.4. The number of rotatable bonds is 1. The van der Waals surface area contributed by atoms with Crippen LogP contribution in [0.2, 0.25) is 0 Å². The van der Waals surface area contributed by atoms with Gasteiger partial charge in [0.15, 0.2) is 6.67 Å². The van der Waals surface area contributed by atoms with E-state index in [-0.39, 0.29) is 0 Å². The molecule has 0 nitrogen and oxygen atoms in total. The molecule has 0 aliphatic rings. The lowest BCUT2D eigenvalue weighted by molar-refractivity contribution is 0.113. The van der Waals surface area contributed by atoms with Crippen molar-refractivity contribution in [3.63, 3.8) is 0 Å². The van der Waals surface area contributed by atoms with E-state index < -0.39 is 13.1 Å². The smallest absolute Gasteiger partial charge is 0.245 e. The summed E-state index contributed by atoms with van der Waals surface area (Å²) in [6.07, 6.45) is -2.78. The predicted octanol–water partition coefficient (Wildman–Crippen LogP) is 1.97. The van der Waals surface area contributed by atoms with Crippen LogP contribution in [0.4, 0.5) is 17.4 Å². The lowest BCUT2D eigenvalue weighted by Crippen LogP contribution is -1.88. The average molecular weight is 136 g/mol. The third kappa shape index (κ3) is 22.9. The van der Waals surface area contributed by atoms with Gasteiger partial charge in [-0.05, 0) is 0 Å². The number of hydrogen-bond donors (Lipinski definition) is 0. The van der Waals surface area contributed by atoms with E-state index in [1.54, 1.807) is 0 Å². The Morgan fingerprint density at radius 2 is 1.43 bits per heavy atom.